The molecule has 0 saturated heterocycles. The van der Waals surface area contributed by atoms with Gasteiger partial charge in [0.2, 0.25) is 5.91 Å². The third-order valence-corrected chi connectivity index (χ3v) is 3.09. The quantitative estimate of drug-likeness (QED) is 0.688. The van der Waals surface area contributed by atoms with Crippen molar-refractivity contribution in [2.75, 3.05) is 0 Å². The summed E-state index contributed by atoms with van der Waals surface area (Å²) in [5, 5.41) is 0. The molecule has 0 bridgehead atoms. The van der Waals surface area contributed by atoms with Gasteiger partial charge in [-0.15, -0.1) is 0 Å². The van der Waals surface area contributed by atoms with Crippen molar-refractivity contribution in [3.63, 3.8) is 0 Å². The van der Waals surface area contributed by atoms with Crippen LogP contribution in [-0.2, 0) is 0 Å². The fourth-order valence-electron chi connectivity index (χ4n) is 1.97. The SMILES string of the molecule is Cc1oc(C)c(C(=O)Oc2cccc(C(N)=O)c2)c1C. The molecular formula is C15H15NO4. The van der Waals surface area contributed by atoms with E-state index in [1.54, 1.807) is 39.0 Å². The van der Waals surface area contributed by atoms with E-state index < -0.39 is 11.9 Å². The second-order valence-electron chi connectivity index (χ2n) is 4.50. The predicted octanol–water partition coefficient (Wildman–Crippen LogP) is 2.52. The number of aryl methyl sites for hydroxylation is 2. The molecular weight excluding hydrogens is 258 g/mol. The first kappa shape index (κ1) is 13.9. The van der Waals surface area contributed by atoms with Crippen LogP contribution < -0.4 is 10.5 Å². The Kier molecular flexibility index (Phi) is 3.61. The number of primary amides is 1. The number of carbonyl (C=O) groups is 2. The van der Waals surface area contributed by atoms with E-state index in [9.17, 15) is 9.59 Å². The molecule has 2 rings (SSSR count). The van der Waals surface area contributed by atoms with Gasteiger partial charge in [0.15, 0.2) is 0 Å². The highest BCUT2D eigenvalue weighted by atomic mass is 16.5. The smallest absolute Gasteiger partial charge is 0.347 e. The first-order valence-electron chi connectivity index (χ1n) is 6.08. The molecule has 1 aromatic carbocycles. The molecule has 2 N–H and O–H groups in total. The van der Waals surface area contributed by atoms with Crippen molar-refractivity contribution >= 4 is 11.9 Å². The Morgan fingerprint density at radius 2 is 1.85 bits per heavy atom. The molecule has 0 aliphatic rings. The highest BCUT2D eigenvalue weighted by Gasteiger charge is 2.20. The maximum Gasteiger partial charge on any atom is 0.347 e. The summed E-state index contributed by atoms with van der Waals surface area (Å²) in [5.41, 5.74) is 6.62. The average molecular weight is 273 g/mol. The zero-order valence-electron chi connectivity index (χ0n) is 11.5. The van der Waals surface area contributed by atoms with Gasteiger partial charge in [0.25, 0.3) is 0 Å². The van der Waals surface area contributed by atoms with E-state index in [1.165, 1.54) is 6.07 Å². The number of nitrogens with two attached hydrogens (primary N) is 1. The van der Waals surface area contributed by atoms with E-state index >= 15 is 0 Å². The molecule has 0 unspecified atom stereocenters. The van der Waals surface area contributed by atoms with Crippen molar-refractivity contribution in [3.05, 3.63) is 52.5 Å². The second-order valence-corrected chi connectivity index (χ2v) is 4.50. The van der Waals surface area contributed by atoms with Crippen LogP contribution >= 0.6 is 0 Å². The van der Waals surface area contributed by atoms with Crippen molar-refractivity contribution in [2.24, 2.45) is 5.73 Å². The lowest BCUT2D eigenvalue weighted by atomic mass is 10.1. The number of ether oxygens (including phenoxy) is 1. The molecule has 20 heavy (non-hydrogen) atoms. The summed E-state index contributed by atoms with van der Waals surface area (Å²) in [6.07, 6.45) is 0. The van der Waals surface area contributed by atoms with Crippen LogP contribution in [0.3, 0.4) is 0 Å². The Morgan fingerprint density at radius 3 is 2.40 bits per heavy atom. The molecule has 0 atom stereocenters. The number of hydrogen-bond acceptors (Lipinski definition) is 4. The fourth-order valence-corrected chi connectivity index (χ4v) is 1.97. The highest BCUT2D eigenvalue weighted by molar-refractivity contribution is 5.95. The Bertz CT molecular complexity index is 685. The van der Waals surface area contributed by atoms with Gasteiger partial charge in [-0.05, 0) is 39.0 Å². The molecule has 0 radical (unpaired) electrons. The summed E-state index contributed by atoms with van der Waals surface area (Å²) in [4.78, 5) is 23.2. The van der Waals surface area contributed by atoms with E-state index in [4.69, 9.17) is 14.9 Å². The molecule has 0 aliphatic carbocycles. The highest BCUT2D eigenvalue weighted by Crippen LogP contribution is 2.23. The van der Waals surface area contributed by atoms with Crippen LogP contribution in [0.25, 0.3) is 0 Å². The summed E-state index contributed by atoms with van der Waals surface area (Å²) >= 11 is 0. The lowest BCUT2D eigenvalue weighted by molar-refractivity contribution is 0.0731. The second kappa shape index (κ2) is 5.21. The largest absolute Gasteiger partial charge is 0.465 e. The van der Waals surface area contributed by atoms with Crippen molar-refractivity contribution in [3.8, 4) is 5.75 Å². The lowest BCUT2D eigenvalue weighted by Gasteiger charge is -2.05. The van der Waals surface area contributed by atoms with E-state index in [2.05, 4.69) is 0 Å². The Hall–Kier alpha value is -2.56. The van der Waals surface area contributed by atoms with E-state index in [1.807, 2.05) is 0 Å². The minimum Gasteiger partial charge on any atom is -0.465 e. The zero-order chi connectivity index (χ0) is 14.9. The minimum absolute atomic E-state index is 0.268. The van der Waals surface area contributed by atoms with Crippen LogP contribution in [0.5, 0.6) is 5.75 Å². The molecule has 2 aromatic rings. The molecule has 0 fully saturated rings. The van der Waals surface area contributed by atoms with Gasteiger partial charge >= 0.3 is 5.97 Å². The van der Waals surface area contributed by atoms with Crippen molar-refractivity contribution in [1.29, 1.82) is 0 Å². The summed E-state index contributed by atoms with van der Waals surface area (Å²) < 4.78 is 10.7. The summed E-state index contributed by atoms with van der Waals surface area (Å²) in [7, 11) is 0. The number of rotatable bonds is 3. The van der Waals surface area contributed by atoms with E-state index in [0.717, 1.165) is 5.56 Å². The van der Waals surface area contributed by atoms with Gasteiger partial charge in [-0.25, -0.2) is 4.79 Å². The van der Waals surface area contributed by atoms with Crippen LogP contribution in [0.4, 0.5) is 0 Å². The minimum atomic E-state index is -0.575. The Balaban J connectivity index is 2.28. The van der Waals surface area contributed by atoms with Gasteiger partial charge < -0.3 is 14.9 Å². The number of benzene rings is 1. The van der Waals surface area contributed by atoms with E-state index in [-0.39, 0.29) is 11.3 Å². The van der Waals surface area contributed by atoms with Crippen LogP contribution in [0, 0.1) is 20.8 Å². The van der Waals surface area contributed by atoms with Gasteiger partial charge in [0, 0.05) is 11.1 Å². The molecule has 1 aromatic heterocycles. The van der Waals surface area contributed by atoms with Crippen LogP contribution in [0.15, 0.2) is 28.7 Å². The van der Waals surface area contributed by atoms with Gasteiger partial charge in [0.05, 0.1) is 0 Å². The first-order valence-corrected chi connectivity index (χ1v) is 6.08. The molecule has 104 valence electrons. The molecule has 5 heteroatoms. The Labute approximate surface area is 116 Å². The van der Waals surface area contributed by atoms with E-state index in [0.29, 0.717) is 17.1 Å². The van der Waals surface area contributed by atoms with Gasteiger partial charge in [0.1, 0.15) is 22.8 Å². The summed E-state index contributed by atoms with van der Waals surface area (Å²) in [6, 6.07) is 6.17. The fraction of sp³-hybridized carbons (Fsp3) is 0.200. The van der Waals surface area contributed by atoms with Gasteiger partial charge in [-0.3, -0.25) is 4.79 Å². The summed E-state index contributed by atoms with van der Waals surface area (Å²) in [6.45, 7) is 5.28. The molecule has 5 nitrogen and oxygen atoms in total. The lowest BCUT2D eigenvalue weighted by Crippen LogP contribution is -2.13. The number of furan rings is 1. The number of esters is 1. The third kappa shape index (κ3) is 2.56. The molecule has 1 heterocycles. The van der Waals surface area contributed by atoms with Gasteiger partial charge in [-0.1, -0.05) is 6.07 Å². The number of amides is 1. The normalized spacial score (nSPS) is 10.3. The number of hydrogen-bond donors (Lipinski definition) is 1. The van der Waals surface area contributed by atoms with Crippen LogP contribution in [0.2, 0.25) is 0 Å². The maximum atomic E-state index is 12.2. The first-order chi connectivity index (χ1) is 9.40. The van der Waals surface area contributed by atoms with Crippen LogP contribution in [-0.4, -0.2) is 11.9 Å². The summed E-state index contributed by atoms with van der Waals surface area (Å²) in [5.74, 6) is 0.369. The van der Waals surface area contributed by atoms with Crippen molar-refractivity contribution < 1.29 is 18.7 Å². The monoisotopic (exact) mass is 273 g/mol. The Morgan fingerprint density at radius 1 is 1.15 bits per heavy atom. The average Bonchev–Trinajstić information content (AvgIpc) is 2.63. The van der Waals surface area contributed by atoms with Gasteiger partial charge in [-0.2, -0.15) is 0 Å². The maximum absolute atomic E-state index is 12.2. The van der Waals surface area contributed by atoms with Crippen LogP contribution in [0.1, 0.15) is 37.8 Å². The molecule has 0 saturated carbocycles. The molecule has 1 amide bonds. The third-order valence-electron chi connectivity index (χ3n) is 3.09. The predicted molar refractivity (Wildman–Crippen MR) is 72.8 cm³/mol. The number of carbonyl (C=O) groups excluding carboxylic acids is 2. The zero-order valence-corrected chi connectivity index (χ0v) is 11.5. The van der Waals surface area contributed by atoms with Crippen molar-refractivity contribution in [1.82, 2.24) is 0 Å². The topological polar surface area (TPSA) is 82.5 Å². The standard InChI is InChI=1S/C15H15NO4/c1-8-9(2)19-10(3)13(8)15(18)20-12-6-4-5-11(7-12)14(16)17/h4-7H,1-3H3,(H2,16,17). The van der Waals surface area contributed by atoms with Crippen molar-refractivity contribution in [2.45, 2.75) is 20.8 Å². The molecule has 0 aliphatic heterocycles. The molecule has 0 spiro atoms.